The molecule has 0 radical (unpaired) electrons. The fourth-order valence-corrected chi connectivity index (χ4v) is 2.09. The van der Waals surface area contributed by atoms with Crippen LogP contribution in [0.3, 0.4) is 0 Å². The lowest BCUT2D eigenvalue weighted by Gasteiger charge is -2.13. The molecule has 1 aromatic carbocycles. The molecule has 8 heteroatoms. The first-order chi connectivity index (χ1) is 9.38. The van der Waals surface area contributed by atoms with Gasteiger partial charge in [0.2, 0.25) is 0 Å². The summed E-state index contributed by atoms with van der Waals surface area (Å²) in [7, 11) is -0.618. The van der Waals surface area contributed by atoms with Gasteiger partial charge in [0.25, 0.3) is 0 Å². The predicted molar refractivity (Wildman–Crippen MR) is 78.1 cm³/mol. The van der Waals surface area contributed by atoms with Gasteiger partial charge in [-0.1, -0.05) is 12.1 Å². The van der Waals surface area contributed by atoms with Crippen LogP contribution >= 0.6 is 0 Å². The first-order valence-corrected chi connectivity index (χ1v) is 7.22. The van der Waals surface area contributed by atoms with E-state index in [1.54, 1.807) is 30.3 Å². The van der Waals surface area contributed by atoms with Crippen LogP contribution in [0.4, 0.5) is 11.5 Å². The maximum absolute atomic E-state index is 11.8. The molecule has 0 saturated carbocycles. The quantitative estimate of drug-likeness (QED) is 0.873. The third kappa shape index (κ3) is 3.22. The number of nitrogens with one attached hydrogen (secondary N) is 1. The zero-order valence-corrected chi connectivity index (χ0v) is 11.9. The Kier molecular flexibility index (Phi) is 3.86. The number of hydrogen-bond donors (Lipinski definition) is 2. The van der Waals surface area contributed by atoms with Crippen molar-refractivity contribution in [1.29, 1.82) is 0 Å². The molecule has 1 aromatic heterocycles. The van der Waals surface area contributed by atoms with Gasteiger partial charge in [0, 0.05) is 19.7 Å². The van der Waals surface area contributed by atoms with Crippen LogP contribution in [0.15, 0.2) is 36.4 Å². The molecule has 7 nitrogen and oxygen atoms in total. The smallest absolute Gasteiger partial charge is 0.301 e. The second kappa shape index (κ2) is 5.43. The molecule has 0 fully saturated rings. The molecule has 0 spiro atoms. The Labute approximate surface area is 117 Å². The van der Waals surface area contributed by atoms with Crippen LogP contribution in [-0.4, -0.2) is 37.0 Å². The van der Waals surface area contributed by atoms with E-state index in [2.05, 4.69) is 14.9 Å². The van der Waals surface area contributed by atoms with Crippen molar-refractivity contribution in [3.8, 4) is 11.3 Å². The molecular weight excluding hydrogens is 278 g/mol. The molecule has 3 N–H and O–H groups in total. The van der Waals surface area contributed by atoms with Gasteiger partial charge in [0.15, 0.2) is 0 Å². The molecule has 1 heterocycles. The summed E-state index contributed by atoms with van der Waals surface area (Å²) in [6.45, 7) is 0. The Morgan fingerprint density at radius 1 is 1.15 bits per heavy atom. The van der Waals surface area contributed by atoms with Crippen LogP contribution in [0.1, 0.15) is 0 Å². The molecule has 106 valence electrons. The summed E-state index contributed by atoms with van der Waals surface area (Å²) in [5.41, 5.74) is 7.30. The minimum absolute atomic E-state index is 0.332. The van der Waals surface area contributed by atoms with Crippen molar-refractivity contribution in [3.63, 3.8) is 0 Å². The first kappa shape index (κ1) is 14.2. The van der Waals surface area contributed by atoms with Crippen molar-refractivity contribution in [1.82, 2.24) is 14.5 Å². The molecule has 2 rings (SSSR count). The number of rotatable bonds is 4. The number of nitrogens with two attached hydrogens (primary N) is 1. The largest absolute Gasteiger partial charge is 0.382 e. The summed E-state index contributed by atoms with van der Waals surface area (Å²) in [6.07, 6.45) is 0. The van der Waals surface area contributed by atoms with Crippen LogP contribution in [-0.2, 0) is 10.2 Å². The molecule has 0 unspecified atom stereocenters. The minimum atomic E-state index is -3.53. The average molecular weight is 293 g/mol. The second-order valence-electron chi connectivity index (χ2n) is 4.31. The first-order valence-electron chi connectivity index (χ1n) is 5.78. The summed E-state index contributed by atoms with van der Waals surface area (Å²) in [6, 6.07) is 10.3. The van der Waals surface area contributed by atoms with Gasteiger partial charge in [0.1, 0.15) is 5.82 Å². The molecule has 0 atom stereocenters. The summed E-state index contributed by atoms with van der Waals surface area (Å²) < 4.78 is 27.1. The topological polar surface area (TPSA) is 101 Å². The maximum Gasteiger partial charge on any atom is 0.301 e. The summed E-state index contributed by atoms with van der Waals surface area (Å²) >= 11 is 0. The summed E-state index contributed by atoms with van der Waals surface area (Å²) in [5, 5.41) is 7.73. The molecule has 0 aliphatic carbocycles. The highest BCUT2D eigenvalue weighted by molar-refractivity contribution is 7.90. The second-order valence-corrected chi connectivity index (χ2v) is 6.20. The number of hydrogen-bond acceptors (Lipinski definition) is 5. The number of benzene rings is 1. The molecule has 0 bridgehead atoms. The summed E-state index contributed by atoms with van der Waals surface area (Å²) in [4.78, 5) is 0. The lowest BCUT2D eigenvalue weighted by Crippen LogP contribution is -2.28. The van der Waals surface area contributed by atoms with Crippen LogP contribution in [0.25, 0.3) is 11.3 Å². The fraction of sp³-hybridized carbons (Fsp3) is 0.167. The van der Waals surface area contributed by atoms with E-state index in [0.717, 1.165) is 9.87 Å². The highest BCUT2D eigenvalue weighted by Crippen LogP contribution is 2.21. The molecule has 2 aromatic rings. The van der Waals surface area contributed by atoms with E-state index in [4.69, 9.17) is 5.73 Å². The highest BCUT2D eigenvalue weighted by Gasteiger charge is 2.13. The molecule has 0 saturated heterocycles. The van der Waals surface area contributed by atoms with Crippen molar-refractivity contribution in [2.45, 2.75) is 0 Å². The van der Waals surface area contributed by atoms with Gasteiger partial charge < -0.3 is 5.73 Å². The van der Waals surface area contributed by atoms with Crippen molar-refractivity contribution in [3.05, 3.63) is 36.4 Å². The Bertz CT molecular complexity index is 698. The van der Waals surface area contributed by atoms with E-state index in [-0.39, 0.29) is 0 Å². The zero-order chi connectivity index (χ0) is 14.8. The van der Waals surface area contributed by atoms with Gasteiger partial charge in [-0.3, -0.25) is 4.72 Å². The van der Waals surface area contributed by atoms with Crippen molar-refractivity contribution in [2.24, 2.45) is 0 Å². The maximum atomic E-state index is 11.8. The van der Waals surface area contributed by atoms with E-state index < -0.39 is 10.2 Å². The molecule has 0 aliphatic heterocycles. The molecular formula is C12H15N5O2S. The standard InChI is InChI=1S/C12H15N5O2S/c1-17(2)20(18,19)16-10-5-3-4-9(8-10)11-6-7-12(13)15-14-11/h3-8,16H,1-2H3,(H2,13,15). The normalized spacial score (nSPS) is 11.6. The monoisotopic (exact) mass is 293 g/mol. The van der Waals surface area contributed by atoms with E-state index in [1.807, 2.05) is 6.07 Å². The minimum Gasteiger partial charge on any atom is -0.382 e. The third-order valence-corrected chi connectivity index (χ3v) is 4.03. The summed E-state index contributed by atoms with van der Waals surface area (Å²) in [5.74, 6) is 0.332. The number of nitrogen functional groups attached to an aromatic ring is 1. The number of aromatic nitrogens is 2. The molecule has 20 heavy (non-hydrogen) atoms. The van der Waals surface area contributed by atoms with Gasteiger partial charge in [-0.05, 0) is 24.3 Å². The van der Waals surface area contributed by atoms with Gasteiger partial charge >= 0.3 is 10.2 Å². The van der Waals surface area contributed by atoms with Crippen molar-refractivity contribution < 1.29 is 8.42 Å². The van der Waals surface area contributed by atoms with Crippen LogP contribution in [0, 0.1) is 0 Å². The lowest BCUT2D eigenvalue weighted by molar-refractivity contribution is 0.527. The molecule has 0 amide bonds. The Balaban J connectivity index is 2.31. The highest BCUT2D eigenvalue weighted by atomic mass is 32.2. The van der Waals surface area contributed by atoms with Gasteiger partial charge in [-0.15, -0.1) is 10.2 Å². The van der Waals surface area contributed by atoms with Crippen LogP contribution < -0.4 is 10.5 Å². The zero-order valence-electron chi connectivity index (χ0n) is 11.1. The van der Waals surface area contributed by atoms with Crippen molar-refractivity contribution >= 4 is 21.7 Å². The van der Waals surface area contributed by atoms with Gasteiger partial charge in [-0.25, -0.2) is 0 Å². The van der Waals surface area contributed by atoms with Crippen molar-refractivity contribution in [2.75, 3.05) is 24.6 Å². The van der Waals surface area contributed by atoms with E-state index >= 15 is 0 Å². The van der Waals surface area contributed by atoms with Gasteiger partial charge in [-0.2, -0.15) is 12.7 Å². The lowest BCUT2D eigenvalue weighted by atomic mass is 10.1. The van der Waals surface area contributed by atoms with E-state index in [9.17, 15) is 8.42 Å². The Morgan fingerprint density at radius 3 is 2.50 bits per heavy atom. The number of nitrogens with zero attached hydrogens (tertiary/aromatic N) is 3. The van der Waals surface area contributed by atoms with E-state index in [0.29, 0.717) is 17.2 Å². The van der Waals surface area contributed by atoms with Crippen LogP contribution in [0.5, 0.6) is 0 Å². The third-order valence-electron chi connectivity index (χ3n) is 2.57. The average Bonchev–Trinajstić information content (AvgIpc) is 2.39. The van der Waals surface area contributed by atoms with Gasteiger partial charge in [0.05, 0.1) is 11.4 Å². The Hall–Kier alpha value is -2.19. The SMILES string of the molecule is CN(C)S(=O)(=O)Nc1cccc(-c2ccc(N)nn2)c1. The van der Waals surface area contributed by atoms with E-state index in [1.165, 1.54) is 14.1 Å². The predicted octanol–water partition coefficient (Wildman–Crippen LogP) is 0.944. The van der Waals surface area contributed by atoms with Crippen LogP contribution in [0.2, 0.25) is 0 Å². The molecule has 0 aliphatic rings. The fourth-order valence-electron chi connectivity index (χ4n) is 1.48. The number of anilines is 2. The Morgan fingerprint density at radius 2 is 1.90 bits per heavy atom.